The van der Waals surface area contributed by atoms with Crippen molar-refractivity contribution in [3.8, 4) is 137 Å². The number of hydrogen-bond donors (Lipinski definition) is 0. The Balaban J connectivity index is 0.885. The Hall–Kier alpha value is -13.8. The smallest absolute Gasteiger partial charge is 0.167 e. The van der Waals surface area contributed by atoms with E-state index in [0.29, 0.717) is 85.7 Å². The van der Waals surface area contributed by atoms with E-state index in [9.17, 15) is 10.5 Å². The maximum absolute atomic E-state index is 11.4. The first-order valence-electron chi connectivity index (χ1n) is 31.3. The van der Waals surface area contributed by atoms with Crippen molar-refractivity contribution in [2.24, 2.45) is 0 Å². The lowest BCUT2D eigenvalue weighted by Gasteiger charge is -2.20. The molecule has 13 nitrogen and oxygen atoms in total. The topological polar surface area (TPSA) is 173 Å². The van der Waals surface area contributed by atoms with Gasteiger partial charge in [-0.15, -0.1) is 0 Å². The molecule has 0 aliphatic carbocycles. The largest absolute Gasteiger partial charge is 0.308 e. The fourth-order valence-electron chi connectivity index (χ4n) is 13.0. The van der Waals surface area contributed by atoms with E-state index >= 15 is 0 Å². The van der Waals surface area contributed by atoms with Gasteiger partial charge in [0.05, 0.1) is 67.8 Å². The Morgan fingerprint density at radius 2 is 0.521 bits per heavy atom. The second-order valence-corrected chi connectivity index (χ2v) is 23.1. The average Bonchev–Trinajstić information content (AvgIpc) is 1.71. The van der Waals surface area contributed by atoms with Gasteiger partial charge < -0.3 is 9.13 Å². The fourth-order valence-corrected chi connectivity index (χ4v) is 13.0. The zero-order chi connectivity index (χ0) is 64.1. The van der Waals surface area contributed by atoms with Crippen molar-refractivity contribution in [1.29, 1.82) is 10.5 Å². The molecule has 0 fully saturated rings. The fraction of sp³-hybridized carbons (Fsp3) is 0. The molecule has 0 atom stereocenters. The monoisotopic (exact) mass is 1230 g/mol. The molecular formula is C83H49N13. The van der Waals surface area contributed by atoms with Crippen LogP contribution in [-0.2, 0) is 0 Å². The van der Waals surface area contributed by atoms with Gasteiger partial charge in [-0.3, -0.25) is 0 Å². The summed E-state index contributed by atoms with van der Waals surface area (Å²) in [5.41, 5.74) is 14.2. The number of rotatable bonds is 12. The predicted molar refractivity (Wildman–Crippen MR) is 379 cm³/mol. The van der Waals surface area contributed by atoms with E-state index in [-0.39, 0.29) is 5.82 Å². The molecule has 0 radical (unpaired) electrons. The van der Waals surface area contributed by atoms with Crippen LogP contribution < -0.4 is 0 Å². The summed E-state index contributed by atoms with van der Waals surface area (Å²) in [4.78, 5) is 46.9. The van der Waals surface area contributed by atoms with Gasteiger partial charge in [0.2, 0.25) is 0 Å². The Kier molecular flexibility index (Phi) is 13.9. The van der Waals surface area contributed by atoms with Crippen LogP contribution in [0.5, 0.6) is 0 Å². The van der Waals surface area contributed by atoms with Gasteiger partial charge in [0.15, 0.2) is 52.4 Å². The van der Waals surface area contributed by atoms with Gasteiger partial charge in [0.25, 0.3) is 0 Å². The van der Waals surface area contributed by atoms with Gasteiger partial charge in [0.1, 0.15) is 0 Å². The predicted octanol–water partition coefficient (Wildman–Crippen LogP) is 18.8. The van der Waals surface area contributed by atoms with Crippen LogP contribution in [0.4, 0.5) is 0 Å². The first-order valence-corrected chi connectivity index (χ1v) is 31.3. The van der Waals surface area contributed by atoms with Crippen molar-refractivity contribution in [3.63, 3.8) is 0 Å². The summed E-state index contributed by atoms with van der Waals surface area (Å²) < 4.78 is 4.43. The first-order chi connectivity index (χ1) is 47.5. The van der Waals surface area contributed by atoms with Crippen LogP contribution in [0.25, 0.3) is 169 Å². The highest BCUT2D eigenvalue weighted by Crippen LogP contribution is 2.45. The maximum atomic E-state index is 11.4. The van der Waals surface area contributed by atoms with Crippen molar-refractivity contribution >= 4 is 43.6 Å². The molecule has 0 unspecified atom stereocenters. The van der Waals surface area contributed by atoms with E-state index in [4.69, 9.17) is 44.9 Å². The number of aromatic nitrogens is 11. The third-order valence-electron chi connectivity index (χ3n) is 17.4. The number of hydrogen-bond acceptors (Lipinski definition) is 11. The molecule has 0 bridgehead atoms. The third kappa shape index (κ3) is 9.93. The maximum Gasteiger partial charge on any atom is 0.167 e. The third-order valence-corrected chi connectivity index (χ3v) is 17.4. The van der Waals surface area contributed by atoms with E-state index in [1.807, 2.05) is 237 Å². The molecule has 0 aliphatic rings. The SMILES string of the molecule is N#Cc1ccccc1-c1cccc(-n2c3ccccc3c3cc(-c4nc(-c5ccccc5)nc(-c5ccccc5)n4)ccc32)c1-c1nc(-c2ccccc2)nc(-c2c(C#N)cccc2-n2c3ccccc3c3cc(-c4nc(-c5ccccc5)nc(-c5ccccc5)n4)ccc32)n1. The highest BCUT2D eigenvalue weighted by atomic mass is 15.1. The van der Waals surface area contributed by atoms with E-state index in [1.165, 1.54) is 0 Å². The molecule has 96 heavy (non-hydrogen) atoms. The number of nitrogens with zero attached hydrogens (tertiary/aromatic N) is 13. The number of fused-ring (bicyclic) bond motifs is 6. The van der Waals surface area contributed by atoms with Crippen molar-refractivity contribution in [2.75, 3.05) is 0 Å². The van der Waals surface area contributed by atoms with Gasteiger partial charge in [-0.05, 0) is 78.4 Å². The lowest BCUT2D eigenvalue weighted by atomic mass is 9.93. The second-order valence-electron chi connectivity index (χ2n) is 23.1. The molecule has 0 saturated carbocycles. The lowest BCUT2D eigenvalue weighted by Crippen LogP contribution is -2.07. The lowest BCUT2D eigenvalue weighted by molar-refractivity contribution is 1.06. The Morgan fingerprint density at radius 1 is 0.219 bits per heavy atom. The first kappa shape index (κ1) is 56.2. The Labute approximate surface area is 550 Å². The molecule has 17 aromatic rings. The summed E-state index contributed by atoms with van der Waals surface area (Å²) in [6.07, 6.45) is 0. The quantitative estimate of drug-likeness (QED) is 0.114. The molecule has 0 spiro atoms. The minimum Gasteiger partial charge on any atom is -0.308 e. The number of nitriles is 2. The summed E-state index contributed by atoms with van der Waals surface area (Å²) in [6.45, 7) is 0. The van der Waals surface area contributed by atoms with E-state index in [1.54, 1.807) is 0 Å². The van der Waals surface area contributed by atoms with E-state index in [2.05, 4.69) is 81.9 Å². The molecule has 12 aromatic carbocycles. The minimum absolute atomic E-state index is 0.268. The van der Waals surface area contributed by atoms with E-state index in [0.717, 1.165) is 88.2 Å². The number of benzene rings is 12. The molecule has 5 heterocycles. The highest BCUT2D eigenvalue weighted by Gasteiger charge is 2.28. The Bertz CT molecular complexity index is 5860. The van der Waals surface area contributed by atoms with Gasteiger partial charge in [-0.1, -0.05) is 224 Å². The zero-order valence-corrected chi connectivity index (χ0v) is 51.1. The van der Waals surface area contributed by atoms with Crippen LogP contribution in [0.3, 0.4) is 0 Å². The summed E-state index contributed by atoms with van der Waals surface area (Å²) in [5.74, 6) is 4.27. The molecule has 446 valence electrons. The summed E-state index contributed by atoms with van der Waals surface area (Å²) >= 11 is 0. The summed E-state index contributed by atoms with van der Waals surface area (Å²) in [7, 11) is 0. The molecule has 0 saturated heterocycles. The molecule has 0 aliphatic heterocycles. The molecule has 17 rings (SSSR count). The van der Waals surface area contributed by atoms with Gasteiger partial charge in [-0.25, -0.2) is 44.9 Å². The Morgan fingerprint density at radius 3 is 0.948 bits per heavy atom. The van der Waals surface area contributed by atoms with Crippen molar-refractivity contribution < 1.29 is 0 Å². The highest BCUT2D eigenvalue weighted by molar-refractivity contribution is 6.12. The van der Waals surface area contributed by atoms with Crippen molar-refractivity contribution in [2.45, 2.75) is 0 Å². The molecule has 5 aromatic heterocycles. The second kappa shape index (κ2) is 23.8. The normalized spacial score (nSPS) is 11.3. The zero-order valence-electron chi connectivity index (χ0n) is 51.1. The van der Waals surface area contributed by atoms with Crippen LogP contribution in [0, 0.1) is 22.7 Å². The number of para-hydroxylation sites is 2. The van der Waals surface area contributed by atoms with E-state index < -0.39 is 0 Å². The van der Waals surface area contributed by atoms with Crippen LogP contribution in [0.1, 0.15) is 11.1 Å². The average molecular weight is 1230 g/mol. The van der Waals surface area contributed by atoms with Crippen LogP contribution in [-0.4, -0.2) is 54.0 Å². The van der Waals surface area contributed by atoms with Crippen molar-refractivity contribution in [3.05, 3.63) is 308 Å². The molecule has 0 N–H and O–H groups in total. The van der Waals surface area contributed by atoms with Crippen LogP contribution in [0.2, 0.25) is 0 Å². The van der Waals surface area contributed by atoms with Gasteiger partial charge in [-0.2, -0.15) is 10.5 Å². The molecule has 0 amide bonds. The minimum atomic E-state index is 0.268. The summed E-state index contributed by atoms with van der Waals surface area (Å²) in [5, 5.41) is 26.2. The van der Waals surface area contributed by atoms with Crippen molar-refractivity contribution in [1.82, 2.24) is 54.0 Å². The van der Waals surface area contributed by atoms with Gasteiger partial charge in [0, 0.05) is 66.1 Å². The van der Waals surface area contributed by atoms with Gasteiger partial charge >= 0.3 is 0 Å². The molecular weight excluding hydrogens is 1180 g/mol. The standard InChI is InChI=1S/C83H49N13/c84-50-59-34-16-17-36-61(59)64-39-23-43-72(96-68-41-21-19-38-63(68)66-49-58(45-47-70(66)96)81-90-77(54-28-10-3-11-29-54)87-78(91-81)55-30-12-4-13-31-55)74(64)83-93-79(56-32-14-5-15-33-56)92-82(94-83)73-60(51-85)35-22-42-71(73)95-67-40-20-18-37-62(67)65-48-57(44-46-69(65)95)80-88-75(52-24-6-1-7-25-52)86-76(89-80)53-26-8-2-9-27-53/h1-49H. The van der Waals surface area contributed by atoms with Crippen LogP contribution in [0.15, 0.2) is 297 Å². The van der Waals surface area contributed by atoms with Crippen LogP contribution >= 0.6 is 0 Å². The summed E-state index contributed by atoms with van der Waals surface area (Å²) in [6, 6.07) is 103. The molecule has 13 heteroatoms.